The van der Waals surface area contributed by atoms with E-state index in [1.165, 1.54) is 4.57 Å². The van der Waals surface area contributed by atoms with Crippen molar-refractivity contribution in [3.05, 3.63) is 64.3 Å². The lowest BCUT2D eigenvalue weighted by molar-refractivity contribution is 0.160. The minimum atomic E-state index is -0.556. The lowest BCUT2D eigenvalue weighted by Gasteiger charge is -2.11. The van der Waals surface area contributed by atoms with E-state index in [-0.39, 0.29) is 5.69 Å². The topological polar surface area (TPSA) is 55.1 Å². The van der Waals surface area contributed by atoms with Gasteiger partial charge in [-0.2, -0.15) is 4.98 Å². The molecule has 1 unspecified atom stereocenters. The van der Waals surface area contributed by atoms with Crippen molar-refractivity contribution in [2.75, 3.05) is 0 Å². The molecule has 1 N–H and O–H groups in total. The highest BCUT2D eigenvalue weighted by Gasteiger charge is 2.07. The Balaban J connectivity index is 2.02. The Kier molecular flexibility index (Phi) is 3.89. The normalized spacial score (nSPS) is 12.3. The summed E-state index contributed by atoms with van der Waals surface area (Å²) in [5, 5.41) is 9.99. The van der Waals surface area contributed by atoms with Gasteiger partial charge in [0.1, 0.15) is 0 Å². The Bertz CT molecular complexity index is 564. The summed E-state index contributed by atoms with van der Waals surface area (Å²) in [4.78, 5) is 15.4. The standard InChI is InChI=1S/C14H16N2O2/c1-11-7-9-16(14(18)15-11)10-8-13(17)12-5-3-2-4-6-12/h2-7,9,13,17H,8,10H2,1H3. The number of aliphatic hydroxyl groups is 1. The molecule has 1 heterocycles. The predicted octanol–water partition coefficient (Wildman–Crippen LogP) is 1.68. The molecule has 94 valence electrons. The number of hydrogen-bond acceptors (Lipinski definition) is 3. The van der Waals surface area contributed by atoms with Gasteiger partial charge in [0, 0.05) is 18.4 Å². The zero-order valence-electron chi connectivity index (χ0n) is 10.3. The number of aryl methyl sites for hydroxylation is 2. The van der Waals surface area contributed by atoms with E-state index in [2.05, 4.69) is 4.98 Å². The molecule has 0 radical (unpaired) electrons. The maximum atomic E-state index is 11.6. The minimum Gasteiger partial charge on any atom is -0.388 e. The molecular formula is C14H16N2O2. The van der Waals surface area contributed by atoms with Gasteiger partial charge in [0.05, 0.1) is 6.10 Å². The molecule has 0 aliphatic heterocycles. The fraction of sp³-hybridized carbons (Fsp3) is 0.286. The second-order valence-electron chi connectivity index (χ2n) is 4.26. The van der Waals surface area contributed by atoms with Gasteiger partial charge in [-0.3, -0.25) is 4.57 Å². The monoisotopic (exact) mass is 244 g/mol. The second-order valence-corrected chi connectivity index (χ2v) is 4.26. The van der Waals surface area contributed by atoms with Gasteiger partial charge in [-0.05, 0) is 25.0 Å². The maximum Gasteiger partial charge on any atom is 0.347 e. The van der Waals surface area contributed by atoms with Crippen molar-refractivity contribution in [2.24, 2.45) is 0 Å². The summed E-state index contributed by atoms with van der Waals surface area (Å²) in [5.74, 6) is 0. The van der Waals surface area contributed by atoms with Gasteiger partial charge in [0.15, 0.2) is 0 Å². The van der Waals surface area contributed by atoms with Crippen LogP contribution in [0.1, 0.15) is 23.8 Å². The third-order valence-corrected chi connectivity index (χ3v) is 2.84. The van der Waals surface area contributed by atoms with Crippen molar-refractivity contribution in [3.8, 4) is 0 Å². The molecule has 2 aromatic rings. The van der Waals surface area contributed by atoms with E-state index in [1.54, 1.807) is 19.2 Å². The first-order valence-electron chi connectivity index (χ1n) is 5.94. The fourth-order valence-electron chi connectivity index (χ4n) is 1.79. The minimum absolute atomic E-state index is 0.268. The van der Waals surface area contributed by atoms with Crippen molar-refractivity contribution < 1.29 is 5.11 Å². The zero-order valence-corrected chi connectivity index (χ0v) is 10.3. The first-order valence-corrected chi connectivity index (χ1v) is 5.94. The summed E-state index contributed by atoms with van der Waals surface area (Å²) in [7, 11) is 0. The highest BCUT2D eigenvalue weighted by Crippen LogP contribution is 2.16. The molecule has 0 bridgehead atoms. The van der Waals surface area contributed by atoms with Crippen LogP contribution in [-0.4, -0.2) is 14.7 Å². The van der Waals surface area contributed by atoms with Gasteiger partial charge in [0.25, 0.3) is 0 Å². The summed E-state index contributed by atoms with van der Waals surface area (Å²) in [5.41, 5.74) is 1.31. The number of rotatable bonds is 4. The van der Waals surface area contributed by atoms with Crippen LogP contribution in [0.5, 0.6) is 0 Å². The predicted molar refractivity (Wildman–Crippen MR) is 69.3 cm³/mol. The number of aliphatic hydroxyl groups excluding tert-OH is 1. The third kappa shape index (κ3) is 3.05. The van der Waals surface area contributed by atoms with Crippen LogP contribution in [0.3, 0.4) is 0 Å². The number of benzene rings is 1. The van der Waals surface area contributed by atoms with E-state index in [9.17, 15) is 9.90 Å². The van der Waals surface area contributed by atoms with Crippen LogP contribution >= 0.6 is 0 Å². The Morgan fingerprint density at radius 1 is 1.28 bits per heavy atom. The first kappa shape index (κ1) is 12.5. The average Bonchev–Trinajstić information content (AvgIpc) is 2.38. The molecule has 0 fully saturated rings. The van der Waals surface area contributed by atoms with Gasteiger partial charge in [-0.1, -0.05) is 30.3 Å². The van der Waals surface area contributed by atoms with E-state index in [4.69, 9.17) is 0 Å². The zero-order chi connectivity index (χ0) is 13.0. The van der Waals surface area contributed by atoms with E-state index in [1.807, 2.05) is 30.3 Å². The molecule has 0 aliphatic carbocycles. The van der Waals surface area contributed by atoms with E-state index >= 15 is 0 Å². The molecule has 1 atom stereocenters. The third-order valence-electron chi connectivity index (χ3n) is 2.84. The molecule has 1 aromatic heterocycles. The molecule has 0 amide bonds. The maximum absolute atomic E-state index is 11.6. The Hall–Kier alpha value is -1.94. The summed E-state index contributed by atoms with van der Waals surface area (Å²) < 4.78 is 1.51. The smallest absolute Gasteiger partial charge is 0.347 e. The van der Waals surface area contributed by atoms with Gasteiger partial charge >= 0.3 is 5.69 Å². The molecule has 18 heavy (non-hydrogen) atoms. The molecule has 4 nitrogen and oxygen atoms in total. The van der Waals surface area contributed by atoms with Crippen molar-refractivity contribution in [3.63, 3.8) is 0 Å². The molecule has 2 rings (SSSR count). The van der Waals surface area contributed by atoms with Crippen LogP contribution in [-0.2, 0) is 6.54 Å². The number of hydrogen-bond donors (Lipinski definition) is 1. The Labute approximate surface area is 106 Å². The largest absolute Gasteiger partial charge is 0.388 e. The fourth-order valence-corrected chi connectivity index (χ4v) is 1.79. The molecule has 4 heteroatoms. The Morgan fingerprint density at radius 3 is 2.67 bits per heavy atom. The van der Waals surface area contributed by atoms with Crippen molar-refractivity contribution in [2.45, 2.75) is 26.0 Å². The second kappa shape index (κ2) is 5.60. The SMILES string of the molecule is Cc1ccn(CCC(O)c2ccccc2)c(=O)n1. The highest BCUT2D eigenvalue weighted by molar-refractivity contribution is 5.17. The lowest BCUT2D eigenvalue weighted by Crippen LogP contribution is -2.23. The van der Waals surface area contributed by atoms with Crippen LogP contribution in [0.15, 0.2) is 47.4 Å². The van der Waals surface area contributed by atoms with Crippen molar-refractivity contribution in [1.29, 1.82) is 0 Å². The van der Waals surface area contributed by atoms with E-state index < -0.39 is 6.10 Å². The van der Waals surface area contributed by atoms with Crippen LogP contribution in [0.4, 0.5) is 0 Å². The molecule has 0 aliphatic rings. The number of nitrogens with zero attached hydrogens (tertiary/aromatic N) is 2. The summed E-state index contributed by atoms with van der Waals surface area (Å²) in [6, 6.07) is 11.2. The van der Waals surface area contributed by atoms with Crippen molar-refractivity contribution >= 4 is 0 Å². The quantitative estimate of drug-likeness (QED) is 0.890. The summed E-state index contributed by atoms with van der Waals surface area (Å²) in [6.07, 6.45) is 1.65. The van der Waals surface area contributed by atoms with Gasteiger partial charge in [-0.25, -0.2) is 4.79 Å². The molecule has 0 saturated heterocycles. The highest BCUT2D eigenvalue weighted by atomic mass is 16.3. The van der Waals surface area contributed by atoms with E-state index in [0.29, 0.717) is 18.7 Å². The first-order chi connectivity index (χ1) is 8.66. The van der Waals surface area contributed by atoms with Gasteiger partial charge < -0.3 is 5.11 Å². The van der Waals surface area contributed by atoms with Gasteiger partial charge in [-0.15, -0.1) is 0 Å². The lowest BCUT2D eigenvalue weighted by atomic mass is 10.1. The Morgan fingerprint density at radius 2 is 2.00 bits per heavy atom. The summed E-state index contributed by atoms with van der Waals surface area (Å²) in [6.45, 7) is 2.24. The average molecular weight is 244 g/mol. The molecular weight excluding hydrogens is 228 g/mol. The molecule has 0 saturated carbocycles. The van der Waals surface area contributed by atoms with Gasteiger partial charge in [0.2, 0.25) is 0 Å². The molecule has 1 aromatic carbocycles. The van der Waals surface area contributed by atoms with E-state index in [0.717, 1.165) is 5.56 Å². The van der Waals surface area contributed by atoms with Crippen LogP contribution in [0, 0.1) is 6.92 Å². The van der Waals surface area contributed by atoms with Crippen LogP contribution in [0.25, 0.3) is 0 Å². The van der Waals surface area contributed by atoms with Crippen molar-refractivity contribution in [1.82, 2.24) is 9.55 Å². The van der Waals surface area contributed by atoms with Crippen LogP contribution in [0.2, 0.25) is 0 Å². The number of aromatic nitrogens is 2. The summed E-state index contributed by atoms with van der Waals surface area (Å²) >= 11 is 0. The van der Waals surface area contributed by atoms with Crippen LogP contribution < -0.4 is 5.69 Å². The molecule has 0 spiro atoms.